The molecular formula is C18H14Br2N6OS. The number of hydrogen-bond donors (Lipinski definition) is 1. The second-order valence-electron chi connectivity index (χ2n) is 6.28. The fourth-order valence-corrected chi connectivity index (χ4v) is 5.38. The molecule has 0 spiro atoms. The van der Waals surface area contributed by atoms with E-state index in [1.165, 1.54) is 0 Å². The van der Waals surface area contributed by atoms with Gasteiger partial charge in [-0.25, -0.2) is 19.9 Å². The molecule has 0 amide bonds. The van der Waals surface area contributed by atoms with Crippen LogP contribution in [-0.2, 0) is 4.74 Å². The average molecular weight is 522 g/mol. The van der Waals surface area contributed by atoms with Crippen LogP contribution < -0.4 is 10.6 Å². The molecule has 0 aliphatic carbocycles. The van der Waals surface area contributed by atoms with Gasteiger partial charge in [-0.1, -0.05) is 0 Å². The Morgan fingerprint density at radius 3 is 2.64 bits per heavy atom. The van der Waals surface area contributed by atoms with Crippen LogP contribution in [0.1, 0.15) is 0 Å². The second-order valence-corrected chi connectivity index (χ2v) is 8.93. The topological polar surface area (TPSA) is 90.0 Å². The summed E-state index contributed by atoms with van der Waals surface area (Å²) in [4.78, 5) is 21.9. The fourth-order valence-electron chi connectivity index (χ4n) is 3.20. The number of thiophene rings is 1. The molecule has 4 heterocycles. The van der Waals surface area contributed by atoms with Crippen molar-refractivity contribution in [3.05, 3.63) is 33.5 Å². The summed E-state index contributed by atoms with van der Waals surface area (Å²) in [5, 5.41) is 0. The molecule has 1 aliphatic rings. The highest BCUT2D eigenvalue weighted by atomic mass is 79.9. The minimum absolute atomic E-state index is 0.602. The average Bonchev–Trinajstić information content (AvgIpc) is 3.11. The van der Waals surface area contributed by atoms with Crippen LogP contribution in [0.5, 0.6) is 0 Å². The maximum absolute atomic E-state index is 6.19. The van der Waals surface area contributed by atoms with Crippen LogP contribution in [0.3, 0.4) is 0 Å². The third-order valence-corrected chi connectivity index (χ3v) is 7.23. The summed E-state index contributed by atoms with van der Waals surface area (Å²) >= 11 is 8.63. The van der Waals surface area contributed by atoms with Gasteiger partial charge in [0.25, 0.3) is 0 Å². The lowest BCUT2D eigenvalue weighted by Crippen LogP contribution is -2.36. The minimum atomic E-state index is 0.602. The Bertz CT molecular complexity index is 1210. The highest BCUT2D eigenvalue weighted by Gasteiger charge is 2.23. The summed E-state index contributed by atoms with van der Waals surface area (Å²) in [5.41, 5.74) is 9.24. The lowest BCUT2D eigenvalue weighted by Gasteiger charge is -2.28. The standard InChI is InChI=1S/C18H14Br2N6OS/c19-10-2-1-9(11(20)12(10)21)16-24-13-14-18(23-4-3-22-14)28-15(13)17(25-16)26-5-7-27-8-6-26/h1-4H,5-8,21H2. The number of hydrogen-bond acceptors (Lipinski definition) is 8. The molecule has 1 aromatic carbocycles. The van der Waals surface area contributed by atoms with Gasteiger partial charge in [0.1, 0.15) is 15.9 Å². The Morgan fingerprint density at radius 2 is 1.82 bits per heavy atom. The number of halogens is 2. The lowest BCUT2D eigenvalue weighted by atomic mass is 10.2. The van der Waals surface area contributed by atoms with Crippen molar-refractivity contribution in [2.24, 2.45) is 0 Å². The lowest BCUT2D eigenvalue weighted by molar-refractivity contribution is 0.122. The van der Waals surface area contributed by atoms with Crippen LogP contribution in [0.4, 0.5) is 11.5 Å². The number of nitrogens with two attached hydrogens (primary N) is 1. The van der Waals surface area contributed by atoms with Gasteiger partial charge in [0.2, 0.25) is 0 Å². The number of anilines is 2. The van der Waals surface area contributed by atoms with E-state index in [0.29, 0.717) is 24.7 Å². The minimum Gasteiger partial charge on any atom is -0.397 e. The molecule has 1 saturated heterocycles. The largest absolute Gasteiger partial charge is 0.397 e. The van der Waals surface area contributed by atoms with E-state index in [1.807, 2.05) is 12.1 Å². The molecule has 7 nitrogen and oxygen atoms in total. The summed E-state index contributed by atoms with van der Waals surface area (Å²) in [7, 11) is 0. The first-order valence-corrected chi connectivity index (χ1v) is 11.0. The zero-order valence-electron chi connectivity index (χ0n) is 14.5. The van der Waals surface area contributed by atoms with Crippen molar-refractivity contribution >= 4 is 75.3 Å². The maximum Gasteiger partial charge on any atom is 0.163 e. The molecule has 142 valence electrons. The van der Waals surface area contributed by atoms with Crippen molar-refractivity contribution in [1.82, 2.24) is 19.9 Å². The molecule has 0 saturated carbocycles. The third kappa shape index (κ3) is 2.95. The molecule has 4 aromatic rings. The number of fused-ring (bicyclic) bond motifs is 3. The first-order chi connectivity index (χ1) is 13.6. The molecule has 1 fully saturated rings. The van der Waals surface area contributed by atoms with E-state index in [4.69, 9.17) is 20.4 Å². The quantitative estimate of drug-likeness (QED) is 0.394. The van der Waals surface area contributed by atoms with Crippen molar-refractivity contribution in [2.75, 3.05) is 36.9 Å². The number of morpholine rings is 1. The van der Waals surface area contributed by atoms with E-state index in [2.05, 4.69) is 46.7 Å². The van der Waals surface area contributed by atoms with Crippen LogP contribution in [0.25, 0.3) is 32.0 Å². The predicted octanol–water partition coefficient (Wildman–Crippen LogP) is 4.25. The molecule has 5 rings (SSSR count). The summed E-state index contributed by atoms with van der Waals surface area (Å²) in [6.45, 7) is 2.92. The Balaban J connectivity index is 1.81. The Hall–Kier alpha value is -1.88. The van der Waals surface area contributed by atoms with Crippen LogP contribution >= 0.6 is 43.2 Å². The summed E-state index contributed by atoms with van der Waals surface area (Å²) < 4.78 is 8.10. The summed E-state index contributed by atoms with van der Waals surface area (Å²) in [6, 6.07) is 3.86. The van der Waals surface area contributed by atoms with E-state index >= 15 is 0 Å². The van der Waals surface area contributed by atoms with Crippen LogP contribution in [0, 0.1) is 0 Å². The normalized spacial score (nSPS) is 14.9. The molecular weight excluding hydrogens is 508 g/mol. The van der Waals surface area contributed by atoms with Crippen molar-refractivity contribution in [3.63, 3.8) is 0 Å². The van der Waals surface area contributed by atoms with E-state index < -0.39 is 0 Å². The Labute approximate surface area is 181 Å². The van der Waals surface area contributed by atoms with Crippen LogP contribution in [0.2, 0.25) is 0 Å². The zero-order chi connectivity index (χ0) is 19.3. The molecule has 0 atom stereocenters. The van der Waals surface area contributed by atoms with Crippen LogP contribution in [-0.4, -0.2) is 46.2 Å². The maximum atomic E-state index is 6.19. The summed E-state index contributed by atoms with van der Waals surface area (Å²) in [6.07, 6.45) is 3.39. The van der Waals surface area contributed by atoms with Crippen LogP contribution in [0.15, 0.2) is 33.5 Å². The van der Waals surface area contributed by atoms with Gasteiger partial charge in [-0.3, -0.25) is 0 Å². The highest BCUT2D eigenvalue weighted by Crippen LogP contribution is 2.40. The zero-order valence-corrected chi connectivity index (χ0v) is 18.5. The van der Waals surface area contributed by atoms with E-state index in [0.717, 1.165) is 54.0 Å². The molecule has 0 unspecified atom stereocenters. The number of aromatic nitrogens is 4. The SMILES string of the molecule is Nc1c(Br)ccc(-c2nc(N3CCOCC3)c3sc4nccnc4c3n2)c1Br. The van der Waals surface area contributed by atoms with Crippen molar-refractivity contribution < 1.29 is 4.74 Å². The first kappa shape index (κ1) is 18.2. The monoisotopic (exact) mass is 520 g/mol. The van der Waals surface area contributed by atoms with Gasteiger partial charge in [-0.15, -0.1) is 11.3 Å². The molecule has 10 heteroatoms. The number of rotatable bonds is 2. The Kier molecular flexibility index (Phi) is 4.66. The van der Waals surface area contributed by atoms with E-state index in [9.17, 15) is 0 Å². The number of nitrogen functional groups attached to an aromatic ring is 1. The number of ether oxygens (including phenoxy) is 1. The van der Waals surface area contributed by atoms with E-state index in [-0.39, 0.29) is 0 Å². The van der Waals surface area contributed by atoms with Gasteiger partial charge < -0.3 is 15.4 Å². The smallest absolute Gasteiger partial charge is 0.163 e. The van der Waals surface area contributed by atoms with Gasteiger partial charge in [0, 0.05) is 35.5 Å². The van der Waals surface area contributed by atoms with Crippen molar-refractivity contribution in [1.29, 1.82) is 0 Å². The number of nitrogens with zero attached hydrogens (tertiary/aromatic N) is 5. The molecule has 2 N–H and O–H groups in total. The van der Waals surface area contributed by atoms with Crippen molar-refractivity contribution in [3.8, 4) is 11.4 Å². The van der Waals surface area contributed by atoms with Gasteiger partial charge in [-0.2, -0.15) is 0 Å². The first-order valence-electron chi connectivity index (χ1n) is 8.61. The molecule has 3 aromatic heterocycles. The van der Waals surface area contributed by atoms with Gasteiger partial charge in [0.05, 0.1) is 28.1 Å². The molecule has 1 aliphatic heterocycles. The highest BCUT2D eigenvalue weighted by molar-refractivity contribution is 9.11. The van der Waals surface area contributed by atoms with Gasteiger partial charge in [-0.05, 0) is 44.0 Å². The summed E-state index contributed by atoms with van der Waals surface area (Å²) in [5.74, 6) is 1.49. The second kappa shape index (κ2) is 7.18. The van der Waals surface area contributed by atoms with E-state index in [1.54, 1.807) is 23.7 Å². The Morgan fingerprint density at radius 1 is 1.04 bits per heavy atom. The van der Waals surface area contributed by atoms with Gasteiger partial charge >= 0.3 is 0 Å². The van der Waals surface area contributed by atoms with Gasteiger partial charge in [0.15, 0.2) is 11.6 Å². The molecule has 0 radical (unpaired) electrons. The predicted molar refractivity (Wildman–Crippen MR) is 119 cm³/mol. The fraction of sp³-hybridized carbons (Fsp3) is 0.222. The molecule has 28 heavy (non-hydrogen) atoms. The molecule has 0 bridgehead atoms. The van der Waals surface area contributed by atoms with Crippen molar-refractivity contribution in [2.45, 2.75) is 0 Å². The third-order valence-electron chi connectivity index (χ3n) is 4.61. The number of benzene rings is 1.